The Kier molecular flexibility index (Phi) is 3.53. The van der Waals surface area contributed by atoms with E-state index in [9.17, 15) is 0 Å². The molecule has 1 unspecified atom stereocenters. The molecule has 0 spiro atoms. The van der Waals surface area contributed by atoms with Crippen molar-refractivity contribution < 1.29 is 0 Å². The van der Waals surface area contributed by atoms with Crippen molar-refractivity contribution in [1.82, 2.24) is 0 Å². The van der Waals surface area contributed by atoms with Gasteiger partial charge in [-0.1, -0.05) is 20.8 Å². The fourth-order valence-corrected chi connectivity index (χ4v) is 5.30. The number of alkyl halides is 1. The van der Waals surface area contributed by atoms with Crippen molar-refractivity contribution in [3.63, 3.8) is 0 Å². The Labute approximate surface area is 128 Å². The maximum absolute atomic E-state index is 6.68. The van der Waals surface area contributed by atoms with Crippen LogP contribution in [-0.2, 0) is 18.3 Å². The summed E-state index contributed by atoms with van der Waals surface area (Å²) in [5.41, 5.74) is 1.76. The highest BCUT2D eigenvalue weighted by atomic mass is 35.5. The van der Waals surface area contributed by atoms with Gasteiger partial charge in [-0.15, -0.1) is 34.3 Å². The summed E-state index contributed by atoms with van der Waals surface area (Å²) in [5.74, 6) is 0. The Morgan fingerprint density at radius 2 is 1.89 bits per heavy atom. The van der Waals surface area contributed by atoms with Gasteiger partial charge in [-0.3, -0.25) is 0 Å². The molecule has 19 heavy (non-hydrogen) atoms. The minimum absolute atomic E-state index is 0.0386. The topological polar surface area (TPSA) is 0 Å². The van der Waals surface area contributed by atoms with Gasteiger partial charge < -0.3 is 0 Å². The molecule has 0 aliphatic heterocycles. The summed E-state index contributed by atoms with van der Waals surface area (Å²) in [6.07, 6.45) is 3.82. The average molecular weight is 311 g/mol. The summed E-state index contributed by atoms with van der Waals surface area (Å²) < 4.78 is 0. The van der Waals surface area contributed by atoms with E-state index in [4.69, 9.17) is 11.6 Å². The number of halogens is 1. The van der Waals surface area contributed by atoms with Gasteiger partial charge in [0.2, 0.25) is 0 Å². The molecule has 0 radical (unpaired) electrons. The first-order valence-electron chi connectivity index (χ1n) is 6.81. The lowest BCUT2D eigenvalue weighted by Gasteiger charge is -2.15. The molecule has 1 aliphatic carbocycles. The molecule has 1 atom stereocenters. The monoisotopic (exact) mass is 310 g/mol. The highest BCUT2D eigenvalue weighted by Crippen LogP contribution is 2.42. The van der Waals surface area contributed by atoms with Gasteiger partial charge in [-0.25, -0.2) is 0 Å². The molecule has 0 bridgehead atoms. The van der Waals surface area contributed by atoms with Crippen molar-refractivity contribution in [2.45, 2.75) is 50.8 Å². The lowest BCUT2D eigenvalue weighted by molar-refractivity contribution is 0.604. The Bertz CT molecular complexity index is 565. The van der Waals surface area contributed by atoms with Crippen molar-refractivity contribution in [3.8, 4) is 0 Å². The molecular weight excluding hydrogens is 292 g/mol. The summed E-state index contributed by atoms with van der Waals surface area (Å²) in [7, 11) is 0. The van der Waals surface area contributed by atoms with Crippen LogP contribution in [0.15, 0.2) is 18.2 Å². The molecule has 0 amide bonds. The van der Waals surface area contributed by atoms with Crippen LogP contribution in [0.3, 0.4) is 0 Å². The molecule has 3 heteroatoms. The lowest BCUT2D eigenvalue weighted by Crippen LogP contribution is -2.07. The first-order valence-corrected chi connectivity index (χ1v) is 8.88. The van der Waals surface area contributed by atoms with E-state index >= 15 is 0 Å². The Balaban J connectivity index is 1.87. The molecule has 2 heterocycles. The van der Waals surface area contributed by atoms with Crippen LogP contribution in [0, 0.1) is 0 Å². The molecule has 1 aliphatic rings. The van der Waals surface area contributed by atoms with Crippen molar-refractivity contribution >= 4 is 34.3 Å². The molecule has 0 N–H and O–H groups in total. The maximum atomic E-state index is 6.68. The van der Waals surface area contributed by atoms with Crippen LogP contribution in [-0.4, -0.2) is 0 Å². The normalized spacial score (nSPS) is 16.6. The predicted octanol–water partition coefficient (Wildman–Crippen LogP) is 5.92. The number of rotatable bonds is 2. The second kappa shape index (κ2) is 4.91. The first-order chi connectivity index (χ1) is 8.95. The van der Waals surface area contributed by atoms with Gasteiger partial charge in [0.25, 0.3) is 0 Å². The SMILES string of the molecule is CC(C)(C)c1ccc(C(Cl)c2cc3c(s2)CCC3)s1. The number of hydrogen-bond donors (Lipinski definition) is 0. The van der Waals surface area contributed by atoms with Gasteiger partial charge in [0, 0.05) is 19.5 Å². The standard InChI is InChI=1S/C16H19ClS2/c1-16(2,3)14-8-7-12(19-14)15(17)13-9-10-5-4-6-11(10)18-13/h7-9,15H,4-6H2,1-3H3. The highest BCUT2D eigenvalue weighted by molar-refractivity contribution is 7.14. The van der Waals surface area contributed by atoms with Gasteiger partial charge in [0.15, 0.2) is 0 Å². The van der Waals surface area contributed by atoms with Gasteiger partial charge in [-0.2, -0.15) is 0 Å². The van der Waals surface area contributed by atoms with E-state index in [2.05, 4.69) is 39.0 Å². The fraction of sp³-hybridized carbons (Fsp3) is 0.500. The fourth-order valence-electron chi connectivity index (χ4n) is 2.51. The summed E-state index contributed by atoms with van der Waals surface area (Å²) in [6.45, 7) is 6.77. The first kappa shape index (κ1) is 13.7. The second-order valence-corrected chi connectivity index (χ2v) is 8.99. The Hall–Kier alpha value is -0.310. The third kappa shape index (κ3) is 2.63. The highest BCUT2D eigenvalue weighted by Gasteiger charge is 2.23. The zero-order chi connectivity index (χ0) is 13.6. The zero-order valence-corrected chi connectivity index (χ0v) is 14.0. The van der Waals surface area contributed by atoms with Gasteiger partial charge >= 0.3 is 0 Å². The van der Waals surface area contributed by atoms with E-state index in [0.29, 0.717) is 0 Å². The lowest BCUT2D eigenvalue weighted by atomic mass is 9.95. The largest absolute Gasteiger partial charge is 0.143 e. The van der Waals surface area contributed by atoms with Gasteiger partial charge in [-0.05, 0) is 48.4 Å². The van der Waals surface area contributed by atoms with Crippen molar-refractivity contribution in [3.05, 3.63) is 43.3 Å². The number of aryl methyl sites for hydroxylation is 2. The molecule has 2 aromatic rings. The summed E-state index contributed by atoms with van der Waals surface area (Å²) in [5, 5.41) is 0.0386. The second-order valence-electron chi connectivity index (χ2n) is 6.27. The van der Waals surface area contributed by atoms with Gasteiger partial charge in [0.05, 0.1) is 0 Å². The molecule has 102 valence electrons. The van der Waals surface area contributed by atoms with Crippen molar-refractivity contribution in [2.75, 3.05) is 0 Å². The molecule has 0 saturated carbocycles. The van der Waals surface area contributed by atoms with Crippen molar-refractivity contribution in [2.24, 2.45) is 0 Å². The van der Waals surface area contributed by atoms with E-state index < -0.39 is 0 Å². The molecule has 0 fully saturated rings. The molecule has 0 saturated heterocycles. The van der Waals surface area contributed by atoms with Crippen LogP contribution in [0.4, 0.5) is 0 Å². The average Bonchev–Trinajstić information content (AvgIpc) is 3.01. The van der Waals surface area contributed by atoms with Crippen molar-refractivity contribution in [1.29, 1.82) is 0 Å². The van der Waals surface area contributed by atoms with Gasteiger partial charge in [0.1, 0.15) is 5.38 Å². The van der Waals surface area contributed by atoms with Crippen LogP contribution >= 0.6 is 34.3 Å². The zero-order valence-electron chi connectivity index (χ0n) is 11.6. The summed E-state index contributed by atoms with van der Waals surface area (Å²) >= 11 is 10.5. The smallest absolute Gasteiger partial charge is 0.102 e. The summed E-state index contributed by atoms with van der Waals surface area (Å²) in [4.78, 5) is 5.59. The third-order valence-corrected chi connectivity index (χ3v) is 7.24. The van der Waals surface area contributed by atoms with Crippen LogP contribution in [0.2, 0.25) is 0 Å². The molecule has 0 nitrogen and oxygen atoms in total. The van der Waals surface area contributed by atoms with Crippen LogP contribution < -0.4 is 0 Å². The van der Waals surface area contributed by atoms with E-state index in [1.165, 1.54) is 33.9 Å². The quantitative estimate of drug-likeness (QED) is 0.604. The van der Waals surface area contributed by atoms with Crippen LogP contribution in [0.1, 0.15) is 57.6 Å². The predicted molar refractivity (Wildman–Crippen MR) is 87.1 cm³/mol. The van der Waals surface area contributed by atoms with E-state index in [1.807, 2.05) is 22.7 Å². The Morgan fingerprint density at radius 3 is 2.53 bits per heavy atom. The minimum Gasteiger partial charge on any atom is -0.143 e. The number of hydrogen-bond acceptors (Lipinski definition) is 2. The Morgan fingerprint density at radius 1 is 1.11 bits per heavy atom. The molecule has 2 aromatic heterocycles. The van der Waals surface area contributed by atoms with Crippen LogP contribution in [0.25, 0.3) is 0 Å². The number of fused-ring (bicyclic) bond motifs is 1. The summed E-state index contributed by atoms with van der Waals surface area (Å²) in [6, 6.07) is 6.77. The molecule has 3 rings (SSSR count). The van der Waals surface area contributed by atoms with E-state index in [1.54, 1.807) is 10.4 Å². The van der Waals surface area contributed by atoms with E-state index in [-0.39, 0.29) is 10.8 Å². The number of thiophene rings is 2. The maximum Gasteiger partial charge on any atom is 0.102 e. The van der Waals surface area contributed by atoms with E-state index in [0.717, 1.165) is 0 Å². The third-order valence-electron chi connectivity index (χ3n) is 3.63. The minimum atomic E-state index is 0.0386. The molecular formula is C16H19ClS2. The van der Waals surface area contributed by atoms with Crippen LogP contribution in [0.5, 0.6) is 0 Å². The molecule has 0 aromatic carbocycles.